The van der Waals surface area contributed by atoms with Gasteiger partial charge >= 0.3 is 0 Å². The number of anilines is 1. The van der Waals surface area contributed by atoms with Crippen molar-refractivity contribution in [3.63, 3.8) is 0 Å². The van der Waals surface area contributed by atoms with E-state index in [1.165, 1.54) is 0 Å². The quantitative estimate of drug-likeness (QED) is 0.777. The predicted molar refractivity (Wildman–Crippen MR) is 50.6 cm³/mol. The second-order valence-electron chi connectivity index (χ2n) is 3.17. The van der Waals surface area contributed by atoms with Crippen molar-refractivity contribution in [1.82, 2.24) is 9.97 Å². The van der Waals surface area contributed by atoms with Crippen molar-refractivity contribution in [2.45, 2.75) is 26.8 Å². The second-order valence-corrected chi connectivity index (χ2v) is 3.17. The maximum absolute atomic E-state index is 12.2. The number of nitrogens with zero attached hydrogens (tertiary/aromatic N) is 2. The largest absolute Gasteiger partial charge is 0.349 e. The Hall–Kier alpha value is -1.19. The summed E-state index contributed by atoms with van der Waals surface area (Å²) in [5.74, 6) is 0.502. The highest BCUT2D eigenvalue weighted by Crippen LogP contribution is 2.05. The molecule has 1 aromatic heterocycles. The summed E-state index contributed by atoms with van der Waals surface area (Å²) in [7, 11) is 0. The lowest BCUT2D eigenvalue weighted by Gasteiger charge is -2.10. The van der Waals surface area contributed by atoms with E-state index < -0.39 is 6.67 Å². The molecule has 1 atom stereocenters. The molecule has 1 heterocycles. The van der Waals surface area contributed by atoms with Gasteiger partial charge in [-0.25, -0.2) is 14.4 Å². The molecule has 3 nitrogen and oxygen atoms in total. The number of aryl methyl sites for hydroxylation is 2. The third kappa shape index (κ3) is 2.97. The molecule has 0 fully saturated rings. The summed E-state index contributed by atoms with van der Waals surface area (Å²) in [5.41, 5.74) is 1.78. The minimum absolute atomic E-state index is 0.235. The van der Waals surface area contributed by atoms with Crippen LogP contribution in [0.5, 0.6) is 0 Å². The lowest BCUT2D eigenvalue weighted by atomic mass is 10.3. The lowest BCUT2D eigenvalue weighted by molar-refractivity contribution is 0.459. The number of halogens is 1. The second kappa shape index (κ2) is 4.16. The van der Waals surface area contributed by atoms with Crippen molar-refractivity contribution in [2.75, 3.05) is 12.0 Å². The molecular formula is C9H14FN3. The third-order valence-electron chi connectivity index (χ3n) is 1.59. The molecule has 13 heavy (non-hydrogen) atoms. The van der Waals surface area contributed by atoms with Crippen molar-refractivity contribution < 1.29 is 4.39 Å². The fraction of sp³-hybridized carbons (Fsp3) is 0.556. The molecule has 0 aliphatic rings. The molecule has 4 heteroatoms. The minimum Gasteiger partial charge on any atom is -0.349 e. The number of hydrogen-bond donors (Lipinski definition) is 1. The average Bonchev–Trinajstić information content (AvgIpc) is 2.02. The molecule has 1 rings (SSSR count). The molecule has 1 aromatic rings. The van der Waals surface area contributed by atoms with E-state index in [9.17, 15) is 4.39 Å². The van der Waals surface area contributed by atoms with Crippen LogP contribution in [0.3, 0.4) is 0 Å². The van der Waals surface area contributed by atoms with Gasteiger partial charge in [-0.3, -0.25) is 0 Å². The van der Waals surface area contributed by atoms with Crippen LogP contribution in [0.15, 0.2) is 6.07 Å². The Kier molecular flexibility index (Phi) is 3.17. The summed E-state index contributed by atoms with van der Waals surface area (Å²) in [6, 6.07) is 1.65. The van der Waals surface area contributed by atoms with Gasteiger partial charge in [-0.2, -0.15) is 0 Å². The van der Waals surface area contributed by atoms with Gasteiger partial charge in [-0.1, -0.05) is 0 Å². The van der Waals surface area contributed by atoms with Crippen LogP contribution in [0.1, 0.15) is 18.3 Å². The third-order valence-corrected chi connectivity index (χ3v) is 1.59. The fourth-order valence-electron chi connectivity index (χ4n) is 1.05. The first kappa shape index (κ1) is 9.89. The van der Waals surface area contributed by atoms with Crippen LogP contribution in [0.4, 0.5) is 10.3 Å². The van der Waals surface area contributed by atoms with Gasteiger partial charge in [-0.05, 0) is 26.8 Å². The minimum atomic E-state index is -0.420. The Labute approximate surface area is 77.4 Å². The topological polar surface area (TPSA) is 37.8 Å². The van der Waals surface area contributed by atoms with Gasteiger partial charge in [0.1, 0.15) is 6.67 Å². The van der Waals surface area contributed by atoms with E-state index in [1.807, 2.05) is 19.9 Å². The molecule has 0 amide bonds. The van der Waals surface area contributed by atoms with Crippen molar-refractivity contribution in [1.29, 1.82) is 0 Å². The average molecular weight is 183 g/mol. The summed E-state index contributed by atoms with van der Waals surface area (Å²) < 4.78 is 12.2. The van der Waals surface area contributed by atoms with Crippen LogP contribution in [0.25, 0.3) is 0 Å². The molecule has 0 bridgehead atoms. The van der Waals surface area contributed by atoms with Crippen LogP contribution in [-0.2, 0) is 0 Å². The Morgan fingerprint density at radius 2 is 1.92 bits per heavy atom. The molecule has 0 aliphatic heterocycles. The van der Waals surface area contributed by atoms with E-state index in [0.29, 0.717) is 5.95 Å². The zero-order valence-electron chi connectivity index (χ0n) is 8.13. The number of alkyl halides is 1. The molecule has 0 spiro atoms. The van der Waals surface area contributed by atoms with Gasteiger partial charge in [0, 0.05) is 11.4 Å². The maximum atomic E-state index is 12.2. The Balaban J connectivity index is 2.77. The van der Waals surface area contributed by atoms with E-state index in [2.05, 4.69) is 15.3 Å². The van der Waals surface area contributed by atoms with E-state index in [0.717, 1.165) is 11.4 Å². The number of aromatic nitrogens is 2. The van der Waals surface area contributed by atoms with E-state index in [4.69, 9.17) is 0 Å². The van der Waals surface area contributed by atoms with E-state index >= 15 is 0 Å². The van der Waals surface area contributed by atoms with Gasteiger partial charge in [0.25, 0.3) is 0 Å². The van der Waals surface area contributed by atoms with Crippen molar-refractivity contribution in [3.05, 3.63) is 17.5 Å². The summed E-state index contributed by atoms with van der Waals surface area (Å²) in [4.78, 5) is 8.27. The summed E-state index contributed by atoms with van der Waals surface area (Å²) in [6.45, 7) is 5.11. The monoisotopic (exact) mass is 183 g/mol. The van der Waals surface area contributed by atoms with Gasteiger partial charge in [0.05, 0.1) is 6.04 Å². The van der Waals surface area contributed by atoms with Crippen LogP contribution in [0.2, 0.25) is 0 Å². The van der Waals surface area contributed by atoms with Gasteiger partial charge in [0.15, 0.2) is 0 Å². The summed E-state index contributed by atoms with van der Waals surface area (Å²) in [5, 5.41) is 2.88. The van der Waals surface area contributed by atoms with Gasteiger partial charge in [0.2, 0.25) is 5.95 Å². The highest BCUT2D eigenvalue weighted by molar-refractivity contribution is 5.28. The molecule has 0 saturated heterocycles. The van der Waals surface area contributed by atoms with Crippen molar-refractivity contribution in [3.8, 4) is 0 Å². The van der Waals surface area contributed by atoms with Crippen LogP contribution >= 0.6 is 0 Å². The van der Waals surface area contributed by atoms with Gasteiger partial charge < -0.3 is 5.32 Å². The van der Waals surface area contributed by atoms with Crippen molar-refractivity contribution >= 4 is 5.95 Å². The molecule has 72 valence electrons. The normalized spacial score (nSPS) is 12.6. The Morgan fingerprint density at radius 1 is 1.38 bits per heavy atom. The Morgan fingerprint density at radius 3 is 2.38 bits per heavy atom. The van der Waals surface area contributed by atoms with Gasteiger partial charge in [-0.15, -0.1) is 0 Å². The molecule has 0 radical (unpaired) electrons. The zero-order chi connectivity index (χ0) is 9.84. The first-order chi connectivity index (χ1) is 6.11. The summed E-state index contributed by atoms with van der Waals surface area (Å²) in [6.07, 6.45) is 0. The standard InChI is InChI=1S/C9H14FN3/c1-6-4-7(2)12-9(11-6)13-8(3)5-10/h4,8H,5H2,1-3H3,(H,11,12,13)/t8-/m0/s1. The number of nitrogens with one attached hydrogen (secondary N) is 1. The molecular weight excluding hydrogens is 169 g/mol. The van der Waals surface area contributed by atoms with Crippen LogP contribution in [0, 0.1) is 13.8 Å². The van der Waals surface area contributed by atoms with Crippen LogP contribution < -0.4 is 5.32 Å². The summed E-state index contributed by atoms with van der Waals surface area (Å²) >= 11 is 0. The SMILES string of the molecule is Cc1cc(C)nc(N[C@@H](C)CF)n1. The van der Waals surface area contributed by atoms with E-state index in [1.54, 1.807) is 6.92 Å². The Bertz CT molecular complexity index is 268. The van der Waals surface area contributed by atoms with Crippen LogP contribution in [-0.4, -0.2) is 22.7 Å². The highest BCUT2D eigenvalue weighted by Gasteiger charge is 2.03. The molecule has 1 N–H and O–H groups in total. The number of hydrogen-bond acceptors (Lipinski definition) is 3. The first-order valence-corrected chi connectivity index (χ1v) is 4.26. The lowest BCUT2D eigenvalue weighted by Crippen LogP contribution is -2.19. The van der Waals surface area contributed by atoms with E-state index in [-0.39, 0.29) is 6.04 Å². The molecule has 0 unspecified atom stereocenters. The number of rotatable bonds is 3. The maximum Gasteiger partial charge on any atom is 0.223 e. The molecule has 0 aromatic carbocycles. The van der Waals surface area contributed by atoms with Crippen molar-refractivity contribution in [2.24, 2.45) is 0 Å². The smallest absolute Gasteiger partial charge is 0.223 e. The zero-order valence-corrected chi connectivity index (χ0v) is 8.13. The first-order valence-electron chi connectivity index (χ1n) is 4.26. The predicted octanol–water partition coefficient (Wildman–Crippen LogP) is 1.86. The molecule has 0 saturated carbocycles. The molecule has 0 aliphatic carbocycles. The highest BCUT2D eigenvalue weighted by atomic mass is 19.1. The fourth-order valence-corrected chi connectivity index (χ4v) is 1.05.